The largest absolute Gasteiger partial charge is 0.384 e. The number of fused-ring (bicyclic) bond motifs is 1. The standard InChI is InChI=1S/C15H14N8/c1-9-2-3-17-13(4-9)23-8-10(7-18-23)5-11-6-12(16)19-15-14(11)20-22-21-15/h2-4,6-8H,5H2,1H3,(H3,16,19,20,21,22). The lowest BCUT2D eigenvalue weighted by molar-refractivity contribution is 0.844. The maximum atomic E-state index is 5.83. The van der Waals surface area contributed by atoms with Crippen LogP contribution in [-0.2, 0) is 6.42 Å². The second-order valence-corrected chi connectivity index (χ2v) is 5.36. The summed E-state index contributed by atoms with van der Waals surface area (Å²) in [6.07, 6.45) is 6.17. The van der Waals surface area contributed by atoms with E-state index in [1.807, 2.05) is 37.5 Å². The predicted octanol–water partition coefficient (Wildman–Crippen LogP) is 1.42. The van der Waals surface area contributed by atoms with Gasteiger partial charge in [0.05, 0.1) is 6.20 Å². The Morgan fingerprint density at radius 2 is 2.17 bits per heavy atom. The minimum absolute atomic E-state index is 0.425. The minimum Gasteiger partial charge on any atom is -0.384 e. The molecule has 0 saturated carbocycles. The van der Waals surface area contributed by atoms with Gasteiger partial charge in [0.15, 0.2) is 5.82 Å². The zero-order valence-corrected chi connectivity index (χ0v) is 12.4. The molecule has 0 bridgehead atoms. The van der Waals surface area contributed by atoms with Crippen LogP contribution >= 0.6 is 0 Å². The molecule has 8 heteroatoms. The van der Waals surface area contributed by atoms with Crippen molar-refractivity contribution in [1.29, 1.82) is 0 Å². The summed E-state index contributed by atoms with van der Waals surface area (Å²) in [5.41, 5.74) is 10.2. The van der Waals surface area contributed by atoms with E-state index >= 15 is 0 Å². The fraction of sp³-hybridized carbons (Fsp3) is 0.133. The van der Waals surface area contributed by atoms with E-state index in [9.17, 15) is 0 Å². The van der Waals surface area contributed by atoms with Crippen LogP contribution in [0.3, 0.4) is 0 Å². The summed E-state index contributed by atoms with van der Waals surface area (Å²) in [5.74, 6) is 1.21. The topological polar surface area (TPSA) is 111 Å². The number of nitrogens with zero attached hydrogens (tertiary/aromatic N) is 6. The zero-order valence-electron chi connectivity index (χ0n) is 12.4. The van der Waals surface area contributed by atoms with Gasteiger partial charge in [-0.25, -0.2) is 14.6 Å². The molecule has 0 fully saturated rings. The number of hydrogen-bond acceptors (Lipinski definition) is 6. The second-order valence-electron chi connectivity index (χ2n) is 5.36. The van der Waals surface area contributed by atoms with Crippen molar-refractivity contribution in [1.82, 2.24) is 35.2 Å². The lowest BCUT2D eigenvalue weighted by Crippen LogP contribution is -1.98. The van der Waals surface area contributed by atoms with Crippen molar-refractivity contribution in [3.8, 4) is 5.82 Å². The molecule has 23 heavy (non-hydrogen) atoms. The molecule has 3 N–H and O–H groups in total. The molecule has 114 valence electrons. The molecule has 4 aromatic heterocycles. The summed E-state index contributed by atoms with van der Waals surface area (Å²) in [7, 11) is 0. The smallest absolute Gasteiger partial charge is 0.203 e. The molecule has 0 amide bonds. The fourth-order valence-corrected chi connectivity index (χ4v) is 2.50. The SMILES string of the molecule is Cc1ccnc(-n2cc(Cc3cc(N)nc4n[nH]nc34)cn2)c1. The van der Waals surface area contributed by atoms with Crippen LogP contribution in [0.15, 0.2) is 36.8 Å². The first-order valence-electron chi connectivity index (χ1n) is 7.11. The monoisotopic (exact) mass is 306 g/mol. The molecule has 4 aromatic rings. The third-order valence-electron chi connectivity index (χ3n) is 3.56. The van der Waals surface area contributed by atoms with Crippen LogP contribution < -0.4 is 5.73 Å². The second kappa shape index (κ2) is 5.16. The molecular weight excluding hydrogens is 292 g/mol. The molecule has 0 unspecified atom stereocenters. The number of pyridine rings is 2. The highest BCUT2D eigenvalue weighted by molar-refractivity contribution is 5.76. The number of aromatic amines is 1. The molecule has 0 aliphatic heterocycles. The van der Waals surface area contributed by atoms with Crippen molar-refractivity contribution in [2.75, 3.05) is 5.73 Å². The van der Waals surface area contributed by atoms with Gasteiger partial charge in [0, 0.05) is 18.8 Å². The van der Waals surface area contributed by atoms with Crippen LogP contribution in [0.2, 0.25) is 0 Å². The lowest BCUT2D eigenvalue weighted by atomic mass is 10.1. The molecule has 0 saturated heterocycles. The van der Waals surface area contributed by atoms with E-state index in [-0.39, 0.29) is 0 Å². The quantitative estimate of drug-likeness (QED) is 0.592. The molecule has 4 heterocycles. The van der Waals surface area contributed by atoms with Crippen molar-refractivity contribution >= 4 is 17.0 Å². The summed E-state index contributed by atoms with van der Waals surface area (Å²) >= 11 is 0. The normalized spacial score (nSPS) is 11.2. The first-order chi connectivity index (χ1) is 11.2. The predicted molar refractivity (Wildman–Crippen MR) is 85.0 cm³/mol. The number of H-pyrrole nitrogens is 1. The summed E-state index contributed by atoms with van der Waals surface area (Å²) in [6.45, 7) is 2.02. The summed E-state index contributed by atoms with van der Waals surface area (Å²) < 4.78 is 1.76. The average molecular weight is 306 g/mol. The summed E-state index contributed by atoms with van der Waals surface area (Å²) in [6, 6.07) is 5.75. The van der Waals surface area contributed by atoms with Crippen molar-refractivity contribution in [2.24, 2.45) is 0 Å². The average Bonchev–Trinajstić information content (AvgIpc) is 3.16. The Morgan fingerprint density at radius 3 is 3.04 bits per heavy atom. The van der Waals surface area contributed by atoms with E-state index in [2.05, 4.69) is 30.5 Å². The number of anilines is 1. The molecule has 0 atom stereocenters. The van der Waals surface area contributed by atoms with Gasteiger partial charge in [-0.2, -0.15) is 15.4 Å². The Bertz CT molecular complexity index is 984. The first kappa shape index (κ1) is 13.4. The lowest BCUT2D eigenvalue weighted by Gasteiger charge is -2.02. The van der Waals surface area contributed by atoms with Crippen LogP contribution in [0.25, 0.3) is 17.0 Å². The van der Waals surface area contributed by atoms with Gasteiger partial charge in [0.25, 0.3) is 0 Å². The van der Waals surface area contributed by atoms with Gasteiger partial charge >= 0.3 is 0 Å². The fourth-order valence-electron chi connectivity index (χ4n) is 2.50. The number of aryl methyl sites for hydroxylation is 1. The Balaban J connectivity index is 1.68. The van der Waals surface area contributed by atoms with Crippen LogP contribution in [0.1, 0.15) is 16.7 Å². The minimum atomic E-state index is 0.425. The van der Waals surface area contributed by atoms with E-state index < -0.39 is 0 Å². The summed E-state index contributed by atoms with van der Waals surface area (Å²) in [4.78, 5) is 8.47. The van der Waals surface area contributed by atoms with E-state index in [0.29, 0.717) is 17.9 Å². The number of rotatable bonds is 3. The molecule has 0 aliphatic carbocycles. The Kier molecular flexibility index (Phi) is 3.00. The van der Waals surface area contributed by atoms with Crippen molar-refractivity contribution < 1.29 is 0 Å². The van der Waals surface area contributed by atoms with Gasteiger partial charge in [-0.1, -0.05) is 0 Å². The highest BCUT2D eigenvalue weighted by Crippen LogP contribution is 2.19. The van der Waals surface area contributed by atoms with Gasteiger partial charge in [-0.15, -0.1) is 5.10 Å². The number of nitrogens with one attached hydrogen (secondary N) is 1. The molecule has 8 nitrogen and oxygen atoms in total. The van der Waals surface area contributed by atoms with Gasteiger partial charge in [-0.05, 0) is 41.8 Å². The maximum Gasteiger partial charge on any atom is 0.203 e. The molecule has 0 radical (unpaired) electrons. The van der Waals surface area contributed by atoms with Crippen LogP contribution in [0, 0.1) is 6.92 Å². The molecule has 0 aliphatic rings. The summed E-state index contributed by atoms with van der Waals surface area (Å²) in [5, 5.41) is 15.1. The van der Waals surface area contributed by atoms with Crippen LogP contribution in [0.4, 0.5) is 5.82 Å². The Labute approximate surface area is 131 Å². The molecule has 0 spiro atoms. The Morgan fingerprint density at radius 1 is 1.26 bits per heavy atom. The molecule has 0 aromatic carbocycles. The van der Waals surface area contributed by atoms with Crippen molar-refractivity contribution in [3.05, 3.63) is 53.5 Å². The number of hydrogen-bond donors (Lipinski definition) is 2. The number of nitrogen functional groups attached to an aromatic ring is 1. The van der Waals surface area contributed by atoms with Crippen molar-refractivity contribution in [2.45, 2.75) is 13.3 Å². The van der Waals surface area contributed by atoms with E-state index in [1.165, 1.54) is 0 Å². The van der Waals surface area contributed by atoms with E-state index in [1.54, 1.807) is 10.9 Å². The van der Waals surface area contributed by atoms with Gasteiger partial charge in [0.2, 0.25) is 5.65 Å². The highest BCUT2D eigenvalue weighted by Gasteiger charge is 2.11. The van der Waals surface area contributed by atoms with Gasteiger partial charge < -0.3 is 5.73 Å². The van der Waals surface area contributed by atoms with Crippen LogP contribution in [0.5, 0.6) is 0 Å². The maximum absolute atomic E-state index is 5.83. The zero-order chi connectivity index (χ0) is 15.8. The molecule has 4 rings (SSSR count). The number of nitrogens with two attached hydrogens (primary N) is 1. The third-order valence-corrected chi connectivity index (χ3v) is 3.56. The first-order valence-corrected chi connectivity index (χ1v) is 7.11. The third kappa shape index (κ3) is 2.50. The van der Waals surface area contributed by atoms with E-state index in [0.717, 1.165) is 28.0 Å². The van der Waals surface area contributed by atoms with Crippen molar-refractivity contribution in [3.63, 3.8) is 0 Å². The molecular formula is C15H14N8. The van der Waals surface area contributed by atoms with E-state index in [4.69, 9.17) is 5.73 Å². The highest BCUT2D eigenvalue weighted by atomic mass is 15.3. The van der Waals surface area contributed by atoms with Crippen LogP contribution in [-0.4, -0.2) is 35.2 Å². The Hall–Kier alpha value is -3.29. The number of aromatic nitrogens is 7. The van der Waals surface area contributed by atoms with Gasteiger partial charge in [-0.3, -0.25) is 0 Å². The van der Waals surface area contributed by atoms with Gasteiger partial charge in [0.1, 0.15) is 11.3 Å².